The summed E-state index contributed by atoms with van der Waals surface area (Å²) >= 11 is 5.49. The van der Waals surface area contributed by atoms with Gasteiger partial charge in [0.25, 0.3) is 5.24 Å². The van der Waals surface area contributed by atoms with Crippen molar-refractivity contribution in [3.63, 3.8) is 0 Å². The maximum absolute atomic E-state index is 11.2. The molecule has 0 radical (unpaired) electrons. The zero-order valence-corrected chi connectivity index (χ0v) is 12.8. The molecule has 3 nitrogen and oxygen atoms in total. The van der Waals surface area contributed by atoms with Crippen LogP contribution in [-0.2, 0) is 6.61 Å². The number of carbonyl (C=O) groups is 1. The van der Waals surface area contributed by atoms with Gasteiger partial charge in [0.2, 0.25) is 0 Å². The third-order valence-corrected chi connectivity index (χ3v) is 3.33. The summed E-state index contributed by atoms with van der Waals surface area (Å²) in [6.07, 6.45) is 0. The number of hydrogen-bond acceptors (Lipinski definition) is 3. The number of rotatable bonds is 6. The first-order valence-corrected chi connectivity index (χ1v) is 7.13. The van der Waals surface area contributed by atoms with Crippen molar-refractivity contribution in [2.45, 2.75) is 20.5 Å². The quantitative estimate of drug-likeness (QED) is 0.744. The van der Waals surface area contributed by atoms with Crippen molar-refractivity contribution in [1.29, 1.82) is 0 Å². The van der Waals surface area contributed by atoms with E-state index in [4.69, 9.17) is 21.1 Å². The minimum atomic E-state index is -0.513. The molecule has 0 fully saturated rings. The highest BCUT2D eigenvalue weighted by atomic mass is 35.5. The molecule has 0 saturated heterocycles. The van der Waals surface area contributed by atoms with Gasteiger partial charge in [-0.15, -0.1) is 0 Å². The molecule has 0 aliphatic carbocycles. The highest BCUT2D eigenvalue weighted by Crippen LogP contribution is 2.30. The zero-order chi connectivity index (χ0) is 15.2. The summed E-state index contributed by atoms with van der Waals surface area (Å²) in [5, 5.41) is -0.513. The SMILES string of the molecule is CCOc1cc(C(=O)Cl)ccc1OCc1ccccc1C. The van der Waals surface area contributed by atoms with E-state index >= 15 is 0 Å². The first-order chi connectivity index (χ1) is 10.1. The van der Waals surface area contributed by atoms with Gasteiger partial charge < -0.3 is 9.47 Å². The van der Waals surface area contributed by atoms with Crippen LogP contribution in [0.4, 0.5) is 0 Å². The summed E-state index contributed by atoms with van der Waals surface area (Å²) < 4.78 is 11.3. The lowest BCUT2D eigenvalue weighted by Crippen LogP contribution is -2.02. The molecule has 0 N–H and O–H groups in total. The van der Waals surface area contributed by atoms with E-state index in [1.54, 1.807) is 18.2 Å². The van der Waals surface area contributed by atoms with Gasteiger partial charge in [-0.1, -0.05) is 24.3 Å². The third-order valence-electron chi connectivity index (χ3n) is 3.11. The Kier molecular flexibility index (Phi) is 5.23. The van der Waals surface area contributed by atoms with Crippen LogP contribution >= 0.6 is 11.6 Å². The summed E-state index contributed by atoms with van der Waals surface area (Å²) in [5.41, 5.74) is 2.67. The van der Waals surface area contributed by atoms with E-state index in [1.807, 2.05) is 38.1 Å². The topological polar surface area (TPSA) is 35.5 Å². The lowest BCUT2D eigenvalue weighted by molar-refractivity contribution is 0.108. The minimum Gasteiger partial charge on any atom is -0.490 e. The molecule has 0 bridgehead atoms. The fourth-order valence-corrected chi connectivity index (χ4v) is 2.06. The van der Waals surface area contributed by atoms with E-state index < -0.39 is 5.24 Å². The Balaban J connectivity index is 2.19. The monoisotopic (exact) mass is 304 g/mol. The lowest BCUT2D eigenvalue weighted by atomic mass is 10.1. The Morgan fingerprint density at radius 3 is 2.52 bits per heavy atom. The van der Waals surface area contributed by atoms with Gasteiger partial charge in [-0.05, 0) is 54.8 Å². The molecule has 2 aromatic rings. The largest absolute Gasteiger partial charge is 0.490 e. The van der Waals surface area contributed by atoms with Crippen LogP contribution in [0.25, 0.3) is 0 Å². The van der Waals surface area contributed by atoms with Crippen molar-refractivity contribution in [3.8, 4) is 11.5 Å². The summed E-state index contributed by atoms with van der Waals surface area (Å²) in [4.78, 5) is 11.2. The van der Waals surface area contributed by atoms with E-state index in [-0.39, 0.29) is 0 Å². The maximum atomic E-state index is 11.2. The van der Waals surface area contributed by atoms with E-state index in [9.17, 15) is 4.79 Å². The van der Waals surface area contributed by atoms with E-state index in [1.165, 1.54) is 5.56 Å². The Morgan fingerprint density at radius 1 is 1.10 bits per heavy atom. The molecule has 0 heterocycles. The number of benzene rings is 2. The normalized spacial score (nSPS) is 10.2. The number of ether oxygens (including phenoxy) is 2. The van der Waals surface area contributed by atoms with Crippen molar-refractivity contribution in [2.75, 3.05) is 6.61 Å². The standard InChI is InChI=1S/C17H17ClO3/c1-3-20-16-10-13(17(18)19)8-9-15(16)21-11-14-7-5-4-6-12(14)2/h4-10H,3,11H2,1-2H3. The second kappa shape index (κ2) is 7.14. The van der Waals surface area contributed by atoms with Gasteiger partial charge in [-0.2, -0.15) is 0 Å². The molecule has 0 aromatic heterocycles. The van der Waals surface area contributed by atoms with Crippen LogP contribution in [0.15, 0.2) is 42.5 Å². The van der Waals surface area contributed by atoms with Crippen LogP contribution in [0.1, 0.15) is 28.4 Å². The molecule has 0 unspecified atom stereocenters. The van der Waals surface area contributed by atoms with Crippen LogP contribution in [0.5, 0.6) is 11.5 Å². The number of halogens is 1. The number of carbonyl (C=O) groups excluding carboxylic acids is 1. The molecule has 0 spiro atoms. The van der Waals surface area contributed by atoms with E-state index in [2.05, 4.69) is 0 Å². The average molecular weight is 305 g/mol. The van der Waals surface area contributed by atoms with E-state index in [0.29, 0.717) is 30.3 Å². The van der Waals surface area contributed by atoms with Crippen molar-refractivity contribution < 1.29 is 14.3 Å². The molecule has 2 aromatic carbocycles. The molecule has 0 amide bonds. The van der Waals surface area contributed by atoms with Gasteiger partial charge in [-0.25, -0.2) is 0 Å². The van der Waals surface area contributed by atoms with Gasteiger partial charge in [0, 0.05) is 5.56 Å². The van der Waals surface area contributed by atoms with Crippen LogP contribution in [0.3, 0.4) is 0 Å². The van der Waals surface area contributed by atoms with Gasteiger partial charge >= 0.3 is 0 Å². The number of hydrogen-bond donors (Lipinski definition) is 0. The van der Waals surface area contributed by atoms with Gasteiger partial charge in [0.15, 0.2) is 11.5 Å². The predicted octanol–water partition coefficient (Wildman–Crippen LogP) is 4.35. The second-order valence-electron chi connectivity index (χ2n) is 4.58. The summed E-state index contributed by atoms with van der Waals surface area (Å²) in [6, 6.07) is 13.0. The van der Waals surface area contributed by atoms with Crippen LogP contribution in [-0.4, -0.2) is 11.8 Å². The van der Waals surface area contributed by atoms with E-state index in [0.717, 1.165) is 5.56 Å². The van der Waals surface area contributed by atoms with Crippen LogP contribution in [0.2, 0.25) is 0 Å². The van der Waals surface area contributed by atoms with Gasteiger partial charge in [0.05, 0.1) is 6.61 Å². The average Bonchev–Trinajstić information content (AvgIpc) is 2.47. The summed E-state index contributed by atoms with van der Waals surface area (Å²) in [7, 11) is 0. The van der Waals surface area contributed by atoms with Crippen molar-refractivity contribution in [2.24, 2.45) is 0 Å². The minimum absolute atomic E-state index is 0.392. The summed E-state index contributed by atoms with van der Waals surface area (Å²) in [6.45, 7) is 4.85. The summed E-state index contributed by atoms with van der Waals surface area (Å²) in [5.74, 6) is 1.12. The molecule has 0 aliphatic rings. The first kappa shape index (κ1) is 15.4. The third kappa shape index (κ3) is 3.99. The van der Waals surface area contributed by atoms with Crippen molar-refractivity contribution in [1.82, 2.24) is 0 Å². The van der Waals surface area contributed by atoms with Crippen LogP contribution < -0.4 is 9.47 Å². The Morgan fingerprint density at radius 2 is 1.86 bits per heavy atom. The predicted molar refractivity (Wildman–Crippen MR) is 83.3 cm³/mol. The highest BCUT2D eigenvalue weighted by Gasteiger charge is 2.10. The molecular weight excluding hydrogens is 288 g/mol. The highest BCUT2D eigenvalue weighted by molar-refractivity contribution is 6.67. The zero-order valence-electron chi connectivity index (χ0n) is 12.1. The molecule has 2 rings (SSSR count). The molecule has 21 heavy (non-hydrogen) atoms. The second-order valence-corrected chi connectivity index (χ2v) is 4.93. The molecule has 0 atom stereocenters. The fourth-order valence-electron chi connectivity index (χ4n) is 1.95. The van der Waals surface area contributed by atoms with Crippen LogP contribution in [0, 0.1) is 6.92 Å². The Hall–Kier alpha value is -2.00. The molecular formula is C17H17ClO3. The smallest absolute Gasteiger partial charge is 0.252 e. The molecule has 110 valence electrons. The molecule has 0 saturated carbocycles. The maximum Gasteiger partial charge on any atom is 0.252 e. The first-order valence-electron chi connectivity index (χ1n) is 6.75. The number of aryl methyl sites for hydroxylation is 1. The molecule has 4 heteroatoms. The van der Waals surface area contributed by atoms with Gasteiger partial charge in [-0.3, -0.25) is 4.79 Å². The van der Waals surface area contributed by atoms with Crippen molar-refractivity contribution >= 4 is 16.8 Å². The fraction of sp³-hybridized carbons (Fsp3) is 0.235. The van der Waals surface area contributed by atoms with Crippen molar-refractivity contribution in [3.05, 3.63) is 59.2 Å². The lowest BCUT2D eigenvalue weighted by Gasteiger charge is -2.13. The molecule has 0 aliphatic heterocycles. The Labute approximate surface area is 129 Å². The van der Waals surface area contributed by atoms with Gasteiger partial charge in [0.1, 0.15) is 6.61 Å². The Bertz CT molecular complexity index is 638.